The van der Waals surface area contributed by atoms with Crippen molar-refractivity contribution in [3.8, 4) is 0 Å². The van der Waals surface area contributed by atoms with Gasteiger partial charge in [0.1, 0.15) is 18.1 Å². The number of piperidine rings is 1. The summed E-state index contributed by atoms with van der Waals surface area (Å²) < 4.78 is 11.8. The summed E-state index contributed by atoms with van der Waals surface area (Å²) in [6.45, 7) is 6.70. The van der Waals surface area contributed by atoms with E-state index in [1.165, 1.54) is 16.7 Å². The maximum Gasteiger partial charge on any atom is 0.455 e. The zero-order valence-corrected chi connectivity index (χ0v) is 26.0. The molecule has 44 heavy (non-hydrogen) atoms. The molecule has 3 aliphatic heterocycles. The van der Waals surface area contributed by atoms with Crippen molar-refractivity contribution in [1.82, 2.24) is 9.80 Å². The van der Waals surface area contributed by atoms with E-state index in [0.717, 1.165) is 57.3 Å². The van der Waals surface area contributed by atoms with Gasteiger partial charge < -0.3 is 19.2 Å². The SMILES string of the molecule is CCC1=C2[C@@H](CC/C(=C/c3ccc(CO)o3)CC)OB(O)C[C@@H]2[C@@H]2C(=O)N(C3CCN(Cc4ccccc4)CC3)C(=O)[C@@H]2C1. The highest BCUT2D eigenvalue weighted by molar-refractivity contribution is 6.43. The van der Waals surface area contributed by atoms with E-state index < -0.39 is 13.0 Å². The minimum absolute atomic E-state index is 0.0130. The second kappa shape index (κ2) is 13.6. The fraction of sp³-hybridized carbons (Fsp3) is 0.543. The summed E-state index contributed by atoms with van der Waals surface area (Å²) in [6, 6.07) is 14.0. The van der Waals surface area contributed by atoms with Crippen LogP contribution in [0.1, 0.15) is 75.9 Å². The summed E-state index contributed by atoms with van der Waals surface area (Å²) in [5.74, 6) is 0.249. The Balaban J connectivity index is 1.16. The number of amides is 2. The summed E-state index contributed by atoms with van der Waals surface area (Å²) in [5.41, 5.74) is 4.83. The zero-order chi connectivity index (χ0) is 30.8. The standard InChI is InChI=1S/C35H45BN2O6/c1-3-23(18-27-11-12-28(22-39)43-27)10-13-31-32-25(4-2)19-29-33(30(32)20-36(42)44-31)35(41)38(34(29)40)26-14-16-37(17-15-26)21-24-8-6-5-7-9-24/h5-9,11-12,18,26,29-31,33,39,42H,3-4,10,13-17,19-22H2,1-2H3/b23-18+/t29-,30+,31-,33-/m1/s1. The number of furan rings is 1. The van der Waals surface area contributed by atoms with Crippen molar-refractivity contribution in [2.24, 2.45) is 17.8 Å². The highest BCUT2D eigenvalue weighted by Crippen LogP contribution is 2.52. The molecule has 4 heterocycles. The van der Waals surface area contributed by atoms with Crippen LogP contribution in [0.25, 0.3) is 6.08 Å². The number of imide groups is 1. The van der Waals surface area contributed by atoms with Gasteiger partial charge in [0.15, 0.2) is 0 Å². The highest BCUT2D eigenvalue weighted by atomic mass is 16.5. The lowest BCUT2D eigenvalue weighted by molar-refractivity contribution is -0.144. The Morgan fingerprint density at radius 1 is 1.05 bits per heavy atom. The molecule has 2 N–H and O–H groups in total. The van der Waals surface area contributed by atoms with Gasteiger partial charge in [-0.2, -0.15) is 0 Å². The molecular weight excluding hydrogens is 555 g/mol. The predicted molar refractivity (Wildman–Crippen MR) is 169 cm³/mol. The van der Waals surface area contributed by atoms with E-state index in [-0.39, 0.29) is 42.4 Å². The normalized spacial score (nSPS) is 26.9. The van der Waals surface area contributed by atoms with Gasteiger partial charge in [-0.25, -0.2) is 0 Å². The first kappa shape index (κ1) is 31.0. The van der Waals surface area contributed by atoms with Crippen molar-refractivity contribution in [1.29, 1.82) is 0 Å². The first-order valence-electron chi connectivity index (χ1n) is 16.5. The molecule has 0 bridgehead atoms. The minimum Gasteiger partial charge on any atom is -0.459 e. The summed E-state index contributed by atoms with van der Waals surface area (Å²) in [7, 11) is -0.963. The third-order valence-electron chi connectivity index (χ3n) is 10.3. The molecule has 234 valence electrons. The Hall–Kier alpha value is -2.98. The Kier molecular flexibility index (Phi) is 9.57. The maximum atomic E-state index is 14.1. The lowest BCUT2D eigenvalue weighted by Gasteiger charge is -2.43. The quantitative estimate of drug-likeness (QED) is 0.219. The third-order valence-corrected chi connectivity index (χ3v) is 10.3. The molecule has 0 radical (unpaired) electrons. The van der Waals surface area contributed by atoms with Gasteiger partial charge >= 0.3 is 7.12 Å². The zero-order valence-electron chi connectivity index (χ0n) is 26.0. The number of fused-ring (bicyclic) bond motifs is 3. The number of carbonyl (C=O) groups is 2. The van der Waals surface area contributed by atoms with E-state index in [1.807, 2.05) is 18.2 Å². The summed E-state index contributed by atoms with van der Waals surface area (Å²) in [5, 5.41) is 20.2. The monoisotopic (exact) mass is 600 g/mol. The number of aliphatic hydroxyl groups is 1. The van der Waals surface area contributed by atoms with Gasteiger partial charge in [0.25, 0.3) is 0 Å². The van der Waals surface area contributed by atoms with Crippen LogP contribution in [0.4, 0.5) is 0 Å². The third kappa shape index (κ3) is 6.25. The first-order valence-corrected chi connectivity index (χ1v) is 16.5. The van der Waals surface area contributed by atoms with Gasteiger partial charge in [-0.3, -0.25) is 19.4 Å². The number of hydrogen-bond acceptors (Lipinski definition) is 7. The first-order chi connectivity index (χ1) is 21.4. The van der Waals surface area contributed by atoms with Crippen LogP contribution < -0.4 is 0 Å². The van der Waals surface area contributed by atoms with Gasteiger partial charge in [0, 0.05) is 25.7 Å². The molecule has 3 fully saturated rings. The Bertz CT molecular complexity index is 1390. The van der Waals surface area contributed by atoms with Gasteiger partial charge in [-0.15, -0.1) is 0 Å². The van der Waals surface area contributed by atoms with Gasteiger partial charge in [0.2, 0.25) is 11.8 Å². The summed E-state index contributed by atoms with van der Waals surface area (Å²) >= 11 is 0. The lowest BCUT2D eigenvalue weighted by atomic mass is 9.58. The molecule has 8 nitrogen and oxygen atoms in total. The Morgan fingerprint density at radius 3 is 2.50 bits per heavy atom. The molecule has 1 aromatic heterocycles. The van der Waals surface area contributed by atoms with Crippen LogP contribution >= 0.6 is 0 Å². The molecule has 0 unspecified atom stereocenters. The number of benzene rings is 1. The van der Waals surface area contributed by atoms with E-state index in [0.29, 0.717) is 30.7 Å². The van der Waals surface area contributed by atoms with Crippen LogP contribution in [0.15, 0.2) is 63.6 Å². The molecule has 1 aliphatic carbocycles. The molecular formula is C35H45BN2O6. The average molecular weight is 601 g/mol. The summed E-state index contributed by atoms with van der Waals surface area (Å²) in [4.78, 5) is 32.1. The fourth-order valence-corrected chi connectivity index (χ4v) is 8.09. The second-order valence-electron chi connectivity index (χ2n) is 12.9. The molecule has 9 heteroatoms. The Morgan fingerprint density at radius 2 is 1.82 bits per heavy atom. The van der Waals surface area contributed by atoms with Gasteiger partial charge in [0.05, 0.1) is 17.9 Å². The van der Waals surface area contributed by atoms with Crippen LogP contribution in [-0.2, 0) is 27.4 Å². The second-order valence-corrected chi connectivity index (χ2v) is 12.9. The largest absolute Gasteiger partial charge is 0.459 e. The number of carbonyl (C=O) groups excluding carboxylic acids is 2. The highest BCUT2D eigenvalue weighted by Gasteiger charge is 2.58. The molecule has 2 aromatic rings. The van der Waals surface area contributed by atoms with Crippen molar-refractivity contribution < 1.29 is 28.8 Å². The fourth-order valence-electron chi connectivity index (χ4n) is 8.09. The van der Waals surface area contributed by atoms with E-state index in [4.69, 9.17) is 9.07 Å². The number of allylic oxidation sites excluding steroid dienone is 2. The van der Waals surface area contributed by atoms with Crippen molar-refractivity contribution >= 4 is 25.0 Å². The smallest absolute Gasteiger partial charge is 0.455 e. The summed E-state index contributed by atoms with van der Waals surface area (Å²) in [6.07, 6.45) is 7.35. The molecule has 3 saturated heterocycles. The molecule has 0 saturated carbocycles. The van der Waals surface area contributed by atoms with E-state index in [9.17, 15) is 19.7 Å². The maximum absolute atomic E-state index is 14.1. The molecule has 4 atom stereocenters. The van der Waals surface area contributed by atoms with E-state index in [1.54, 1.807) is 11.0 Å². The number of aliphatic hydroxyl groups excluding tert-OH is 1. The van der Waals surface area contributed by atoms with E-state index >= 15 is 0 Å². The van der Waals surface area contributed by atoms with Crippen molar-refractivity contribution in [3.05, 3.63) is 76.3 Å². The van der Waals surface area contributed by atoms with Gasteiger partial charge in [-0.05, 0) is 86.5 Å². The molecule has 0 spiro atoms. The van der Waals surface area contributed by atoms with Crippen LogP contribution in [0.3, 0.4) is 0 Å². The lowest BCUT2D eigenvalue weighted by Crippen LogP contribution is -2.48. The van der Waals surface area contributed by atoms with Crippen LogP contribution in [-0.4, -0.2) is 64.1 Å². The van der Waals surface area contributed by atoms with Crippen molar-refractivity contribution in [3.63, 3.8) is 0 Å². The van der Waals surface area contributed by atoms with E-state index in [2.05, 4.69) is 43.0 Å². The number of nitrogens with zero attached hydrogens (tertiary/aromatic N) is 2. The number of hydrogen-bond donors (Lipinski definition) is 2. The number of rotatable bonds is 10. The van der Waals surface area contributed by atoms with Crippen molar-refractivity contribution in [2.45, 2.75) is 90.4 Å². The van der Waals surface area contributed by atoms with Gasteiger partial charge in [-0.1, -0.05) is 55.3 Å². The Labute approximate surface area is 260 Å². The molecule has 2 amide bonds. The number of likely N-dealkylation sites (tertiary alicyclic amines) is 2. The molecule has 4 aliphatic rings. The van der Waals surface area contributed by atoms with Crippen LogP contribution in [0.2, 0.25) is 6.32 Å². The topological polar surface area (TPSA) is 103 Å². The van der Waals surface area contributed by atoms with Crippen molar-refractivity contribution in [2.75, 3.05) is 13.1 Å². The molecule has 1 aromatic carbocycles. The predicted octanol–water partition coefficient (Wildman–Crippen LogP) is 5.22. The minimum atomic E-state index is -0.963. The average Bonchev–Trinajstić information content (AvgIpc) is 3.60. The molecule has 6 rings (SSSR count). The van der Waals surface area contributed by atoms with Crippen LogP contribution in [0.5, 0.6) is 0 Å². The van der Waals surface area contributed by atoms with Crippen LogP contribution in [0, 0.1) is 17.8 Å².